The van der Waals surface area contributed by atoms with Gasteiger partial charge in [0.05, 0.1) is 0 Å². The summed E-state index contributed by atoms with van der Waals surface area (Å²) in [4.78, 5) is 2.59. The molecule has 1 fully saturated rings. The van der Waals surface area contributed by atoms with Crippen molar-refractivity contribution >= 4 is 0 Å². The molecule has 1 saturated heterocycles. The molecule has 0 aliphatic carbocycles. The Morgan fingerprint density at radius 2 is 1.40 bits per heavy atom. The van der Waals surface area contributed by atoms with E-state index in [1.807, 2.05) is 0 Å². The van der Waals surface area contributed by atoms with E-state index in [1.54, 1.807) is 0 Å². The van der Waals surface area contributed by atoms with Gasteiger partial charge in [-0.05, 0) is 39.8 Å². The normalized spacial score (nSPS) is 23.1. The second kappa shape index (κ2) is 3.97. The van der Waals surface area contributed by atoms with Crippen LogP contribution in [0.4, 0.5) is 0 Å². The van der Waals surface area contributed by atoms with E-state index in [1.165, 1.54) is 38.8 Å². The molecule has 0 spiro atoms. The van der Waals surface area contributed by atoms with Gasteiger partial charge >= 0.3 is 0 Å². The van der Waals surface area contributed by atoms with Gasteiger partial charge in [-0.1, -0.05) is 12.8 Å². The quantitative estimate of drug-likeness (QED) is 0.541. The van der Waals surface area contributed by atoms with Gasteiger partial charge in [0.2, 0.25) is 0 Å². The van der Waals surface area contributed by atoms with E-state index in [-0.39, 0.29) is 0 Å². The Morgan fingerprint density at radius 1 is 0.900 bits per heavy atom. The minimum Gasteiger partial charge on any atom is -0.301 e. The third-order valence-corrected chi connectivity index (χ3v) is 2.37. The molecule has 1 rings (SSSR count). The monoisotopic (exact) mass is 141 g/mol. The maximum Gasteiger partial charge on any atom is 0.00385 e. The molecular weight excluding hydrogens is 122 g/mol. The van der Waals surface area contributed by atoms with Crippen molar-refractivity contribution in [1.29, 1.82) is 0 Å². The predicted molar refractivity (Wildman–Crippen MR) is 45.2 cm³/mol. The average Bonchev–Trinajstić information content (AvgIpc) is 2.12. The average molecular weight is 141 g/mol. The Hall–Kier alpha value is -0.0400. The first-order valence-electron chi connectivity index (χ1n) is 4.55. The van der Waals surface area contributed by atoms with Crippen molar-refractivity contribution in [2.45, 2.75) is 45.6 Å². The first-order chi connectivity index (χ1) is 4.80. The molecule has 0 aromatic rings. The standard InChI is InChI=1S/C9H19N/c1-9(2)10-7-5-3-4-6-8-10/h9H,3-8H2,1-2H3. The fourth-order valence-corrected chi connectivity index (χ4v) is 1.61. The number of nitrogens with zero attached hydrogens (tertiary/aromatic N) is 1. The molecule has 1 heteroatoms. The summed E-state index contributed by atoms with van der Waals surface area (Å²) < 4.78 is 0. The SMILES string of the molecule is CC(C)N1CCCCCC1. The fraction of sp³-hybridized carbons (Fsp3) is 1.00. The second-order valence-corrected chi connectivity index (χ2v) is 3.54. The van der Waals surface area contributed by atoms with Gasteiger partial charge in [-0.3, -0.25) is 0 Å². The summed E-state index contributed by atoms with van der Waals surface area (Å²) in [6.07, 6.45) is 5.72. The van der Waals surface area contributed by atoms with E-state index in [0.29, 0.717) is 0 Å². The second-order valence-electron chi connectivity index (χ2n) is 3.54. The van der Waals surface area contributed by atoms with Gasteiger partial charge in [0, 0.05) is 6.04 Å². The highest BCUT2D eigenvalue weighted by molar-refractivity contribution is 4.66. The highest BCUT2D eigenvalue weighted by Gasteiger charge is 2.10. The van der Waals surface area contributed by atoms with Crippen LogP contribution in [0.2, 0.25) is 0 Å². The van der Waals surface area contributed by atoms with Crippen LogP contribution < -0.4 is 0 Å². The molecular formula is C9H19N. The molecule has 0 unspecified atom stereocenters. The minimum atomic E-state index is 0.762. The van der Waals surface area contributed by atoms with E-state index in [2.05, 4.69) is 18.7 Å². The van der Waals surface area contributed by atoms with Gasteiger partial charge in [0.25, 0.3) is 0 Å². The zero-order valence-corrected chi connectivity index (χ0v) is 7.27. The van der Waals surface area contributed by atoms with E-state index in [9.17, 15) is 0 Å². The highest BCUT2D eigenvalue weighted by atomic mass is 15.1. The van der Waals surface area contributed by atoms with E-state index in [0.717, 1.165) is 6.04 Å². The van der Waals surface area contributed by atoms with Gasteiger partial charge < -0.3 is 4.90 Å². The fourth-order valence-electron chi connectivity index (χ4n) is 1.61. The topological polar surface area (TPSA) is 3.24 Å². The maximum atomic E-state index is 2.59. The van der Waals surface area contributed by atoms with E-state index < -0.39 is 0 Å². The van der Waals surface area contributed by atoms with Crippen molar-refractivity contribution in [3.63, 3.8) is 0 Å². The van der Waals surface area contributed by atoms with Crippen molar-refractivity contribution in [1.82, 2.24) is 4.90 Å². The molecule has 1 nitrogen and oxygen atoms in total. The molecule has 60 valence electrons. The lowest BCUT2D eigenvalue weighted by atomic mass is 10.2. The Labute approximate surface area is 64.4 Å². The molecule has 0 aromatic heterocycles. The summed E-state index contributed by atoms with van der Waals surface area (Å²) in [5.41, 5.74) is 0. The van der Waals surface area contributed by atoms with Gasteiger partial charge in [-0.25, -0.2) is 0 Å². The van der Waals surface area contributed by atoms with Crippen molar-refractivity contribution in [3.05, 3.63) is 0 Å². The van der Waals surface area contributed by atoms with Crippen LogP contribution in [0.1, 0.15) is 39.5 Å². The van der Waals surface area contributed by atoms with Crippen LogP contribution in [0.15, 0.2) is 0 Å². The summed E-state index contributed by atoms with van der Waals surface area (Å²) in [6.45, 7) is 7.26. The maximum absolute atomic E-state index is 2.59. The molecule has 1 aliphatic rings. The number of hydrogen-bond donors (Lipinski definition) is 0. The lowest BCUT2D eigenvalue weighted by Gasteiger charge is -2.23. The largest absolute Gasteiger partial charge is 0.301 e. The first-order valence-corrected chi connectivity index (χ1v) is 4.55. The summed E-state index contributed by atoms with van der Waals surface area (Å²) in [5.74, 6) is 0. The van der Waals surface area contributed by atoms with Crippen LogP contribution in [0.5, 0.6) is 0 Å². The minimum absolute atomic E-state index is 0.762. The number of rotatable bonds is 1. The molecule has 1 aliphatic heterocycles. The summed E-state index contributed by atoms with van der Waals surface area (Å²) in [5, 5.41) is 0. The summed E-state index contributed by atoms with van der Waals surface area (Å²) >= 11 is 0. The molecule has 0 amide bonds. The number of hydrogen-bond acceptors (Lipinski definition) is 1. The summed E-state index contributed by atoms with van der Waals surface area (Å²) in [6, 6.07) is 0.762. The van der Waals surface area contributed by atoms with Crippen molar-refractivity contribution in [2.75, 3.05) is 13.1 Å². The Bertz CT molecular complexity index is 80.7. The van der Waals surface area contributed by atoms with E-state index in [4.69, 9.17) is 0 Å². The van der Waals surface area contributed by atoms with Crippen LogP contribution in [-0.4, -0.2) is 24.0 Å². The zero-order valence-electron chi connectivity index (χ0n) is 7.27. The molecule has 0 saturated carbocycles. The van der Waals surface area contributed by atoms with Crippen LogP contribution >= 0.6 is 0 Å². The molecule has 10 heavy (non-hydrogen) atoms. The van der Waals surface area contributed by atoms with Crippen molar-refractivity contribution < 1.29 is 0 Å². The number of likely N-dealkylation sites (tertiary alicyclic amines) is 1. The lowest BCUT2D eigenvalue weighted by molar-refractivity contribution is 0.231. The van der Waals surface area contributed by atoms with Gasteiger partial charge in [-0.2, -0.15) is 0 Å². The first kappa shape index (κ1) is 8.06. The zero-order chi connectivity index (χ0) is 7.40. The molecule has 0 radical (unpaired) electrons. The Morgan fingerprint density at radius 3 is 1.80 bits per heavy atom. The third kappa shape index (κ3) is 2.30. The molecule has 0 N–H and O–H groups in total. The molecule has 0 aromatic carbocycles. The van der Waals surface area contributed by atoms with Crippen LogP contribution in [0.25, 0.3) is 0 Å². The smallest absolute Gasteiger partial charge is 0.00385 e. The Kier molecular flexibility index (Phi) is 3.20. The van der Waals surface area contributed by atoms with Gasteiger partial charge in [0.1, 0.15) is 0 Å². The molecule has 1 heterocycles. The van der Waals surface area contributed by atoms with Crippen molar-refractivity contribution in [2.24, 2.45) is 0 Å². The third-order valence-electron chi connectivity index (χ3n) is 2.37. The van der Waals surface area contributed by atoms with Crippen LogP contribution in [0.3, 0.4) is 0 Å². The predicted octanol–water partition coefficient (Wildman–Crippen LogP) is 2.27. The van der Waals surface area contributed by atoms with Crippen LogP contribution in [-0.2, 0) is 0 Å². The molecule has 0 bridgehead atoms. The van der Waals surface area contributed by atoms with Gasteiger partial charge in [-0.15, -0.1) is 0 Å². The Balaban J connectivity index is 2.28. The van der Waals surface area contributed by atoms with Gasteiger partial charge in [0.15, 0.2) is 0 Å². The van der Waals surface area contributed by atoms with Crippen LogP contribution in [0, 0.1) is 0 Å². The van der Waals surface area contributed by atoms with E-state index >= 15 is 0 Å². The highest BCUT2D eigenvalue weighted by Crippen LogP contribution is 2.11. The summed E-state index contributed by atoms with van der Waals surface area (Å²) in [7, 11) is 0. The van der Waals surface area contributed by atoms with Crippen molar-refractivity contribution in [3.8, 4) is 0 Å². The lowest BCUT2D eigenvalue weighted by Crippen LogP contribution is -2.31. The molecule has 0 atom stereocenters.